The van der Waals surface area contributed by atoms with Gasteiger partial charge in [-0.2, -0.15) is 13.2 Å². The molecule has 15 heteroatoms. The lowest BCUT2D eigenvalue weighted by Gasteiger charge is -2.37. The topological polar surface area (TPSA) is 103 Å². The van der Waals surface area contributed by atoms with Crippen molar-refractivity contribution < 1.29 is 31.9 Å². The highest BCUT2D eigenvalue weighted by Gasteiger charge is 2.42. The molecule has 2 aromatic rings. The zero-order valence-corrected chi connectivity index (χ0v) is 25.9. The summed E-state index contributed by atoms with van der Waals surface area (Å²) < 4.78 is 58.0. The van der Waals surface area contributed by atoms with Gasteiger partial charge in [-0.05, 0) is 18.1 Å². The number of hydrogen-bond donors (Lipinski definition) is 1. The molecule has 2 aromatic heterocycles. The Bertz CT molecular complexity index is 1320. The van der Waals surface area contributed by atoms with Gasteiger partial charge in [-0.15, -0.1) is 0 Å². The summed E-state index contributed by atoms with van der Waals surface area (Å²) in [7, 11) is 1.53. The number of nitrogens with one attached hydrogen (secondary N) is 1. The van der Waals surface area contributed by atoms with E-state index in [1.807, 2.05) is 0 Å². The van der Waals surface area contributed by atoms with E-state index in [0.717, 1.165) is 0 Å². The molecular formula is C26H36ClF3N6O4Si. The van der Waals surface area contributed by atoms with Crippen molar-refractivity contribution in [1.29, 1.82) is 0 Å². The average molecular weight is 617 g/mol. The quantitative estimate of drug-likeness (QED) is 0.145. The number of ether oxygens (including phenoxy) is 2. The van der Waals surface area contributed by atoms with Gasteiger partial charge in [0.2, 0.25) is 0 Å². The van der Waals surface area contributed by atoms with Crippen LogP contribution in [-0.2, 0) is 18.7 Å². The van der Waals surface area contributed by atoms with E-state index in [1.54, 1.807) is 41.4 Å². The van der Waals surface area contributed by atoms with E-state index in [4.69, 9.17) is 25.5 Å². The van der Waals surface area contributed by atoms with Crippen LogP contribution in [0.15, 0.2) is 17.5 Å². The third-order valence-electron chi connectivity index (χ3n) is 7.00. The Morgan fingerprint density at radius 3 is 2.66 bits per heavy atom. The number of alkyl halides is 4. The summed E-state index contributed by atoms with van der Waals surface area (Å²) in [6.45, 7) is 10.6. The van der Waals surface area contributed by atoms with Gasteiger partial charge >= 0.3 is 12.1 Å². The largest absolute Gasteiger partial charge is 0.471 e. The highest BCUT2D eigenvalue weighted by molar-refractivity contribution is 6.74. The second-order valence-electron chi connectivity index (χ2n) is 11.3. The van der Waals surface area contributed by atoms with Gasteiger partial charge in [-0.25, -0.2) is 15.0 Å². The highest BCUT2D eigenvalue weighted by atomic mass is 35.5. The molecule has 3 heterocycles. The Morgan fingerprint density at radius 2 is 2.05 bits per heavy atom. The van der Waals surface area contributed by atoms with Gasteiger partial charge in [0.05, 0.1) is 36.5 Å². The molecule has 0 saturated carbocycles. The molecular weight excluding hydrogens is 581 g/mol. The Kier molecular flexibility index (Phi) is 10.5. The molecule has 1 aliphatic heterocycles. The van der Waals surface area contributed by atoms with Crippen LogP contribution < -0.4 is 5.32 Å². The van der Waals surface area contributed by atoms with Crippen LogP contribution in [0.5, 0.6) is 0 Å². The molecule has 1 N–H and O–H groups in total. The lowest BCUT2D eigenvalue weighted by molar-refractivity contribution is -0.173. The smallest absolute Gasteiger partial charge is 0.414 e. The summed E-state index contributed by atoms with van der Waals surface area (Å²) in [4.78, 5) is 26.0. The Labute approximate surface area is 243 Å². The van der Waals surface area contributed by atoms with Crippen LogP contribution in [-0.4, -0.2) is 91.7 Å². The number of rotatable bonds is 9. The van der Waals surface area contributed by atoms with E-state index in [-0.39, 0.29) is 17.2 Å². The number of carbonyl (C=O) groups excluding carboxylic acids is 1. The molecule has 1 amide bonds. The van der Waals surface area contributed by atoms with Crippen LogP contribution in [0.25, 0.3) is 11.0 Å². The molecule has 1 aliphatic rings. The summed E-state index contributed by atoms with van der Waals surface area (Å²) in [6.07, 6.45) is -1.22. The summed E-state index contributed by atoms with van der Waals surface area (Å²) in [5.41, 5.74) is 0.877. The second-order valence-corrected chi connectivity index (χ2v) is 16.3. The third kappa shape index (κ3) is 8.20. The lowest BCUT2D eigenvalue weighted by Crippen LogP contribution is -2.44. The fraction of sp³-hybridized carbons (Fsp3) is 0.615. The number of aromatic nitrogens is 3. The minimum atomic E-state index is -4.99. The van der Waals surface area contributed by atoms with Crippen LogP contribution in [0, 0.1) is 11.8 Å². The van der Waals surface area contributed by atoms with Gasteiger partial charge in [-0.3, -0.25) is 4.79 Å². The molecule has 41 heavy (non-hydrogen) atoms. The maximum atomic E-state index is 12.5. The first-order valence-electron chi connectivity index (χ1n) is 12.9. The highest BCUT2D eigenvalue weighted by Crippen LogP contribution is 2.39. The van der Waals surface area contributed by atoms with Crippen molar-refractivity contribution in [2.24, 2.45) is 4.99 Å². The van der Waals surface area contributed by atoms with Crippen LogP contribution >= 0.6 is 11.6 Å². The second kappa shape index (κ2) is 13.1. The number of fused-ring (bicyclic) bond motifs is 1. The zero-order valence-electron chi connectivity index (χ0n) is 24.2. The maximum Gasteiger partial charge on any atom is 0.471 e. The molecule has 1 unspecified atom stereocenters. The minimum absolute atomic E-state index is 0.0119. The summed E-state index contributed by atoms with van der Waals surface area (Å²) in [6, 6.07) is -0.0181. The van der Waals surface area contributed by atoms with Crippen LogP contribution in [0.2, 0.25) is 18.1 Å². The Morgan fingerprint density at radius 1 is 1.34 bits per heavy atom. The number of carbonyl (C=O) groups is 1. The van der Waals surface area contributed by atoms with Crippen molar-refractivity contribution in [3.8, 4) is 11.8 Å². The molecule has 0 bridgehead atoms. The molecule has 3 atom stereocenters. The van der Waals surface area contributed by atoms with E-state index in [0.29, 0.717) is 35.4 Å². The first kappa shape index (κ1) is 32.8. The van der Waals surface area contributed by atoms with Crippen molar-refractivity contribution in [3.63, 3.8) is 0 Å². The number of nitrogens with zero attached hydrogens (tertiary/aromatic N) is 5. The van der Waals surface area contributed by atoms with Crippen LogP contribution in [0.4, 0.5) is 19.0 Å². The van der Waals surface area contributed by atoms with Crippen molar-refractivity contribution in [2.45, 2.75) is 69.9 Å². The van der Waals surface area contributed by atoms with Crippen molar-refractivity contribution in [3.05, 3.63) is 18.1 Å². The average Bonchev–Trinajstić information content (AvgIpc) is 3.44. The lowest BCUT2D eigenvalue weighted by atomic mass is 10.2. The fourth-order valence-electron chi connectivity index (χ4n) is 3.80. The third-order valence-corrected chi connectivity index (χ3v) is 11.6. The summed E-state index contributed by atoms with van der Waals surface area (Å²) in [5, 5.41) is 2.24. The predicted molar refractivity (Wildman–Crippen MR) is 153 cm³/mol. The van der Waals surface area contributed by atoms with E-state index < -0.39 is 39.3 Å². The van der Waals surface area contributed by atoms with Crippen LogP contribution in [0.3, 0.4) is 0 Å². The zero-order chi connectivity index (χ0) is 30.6. The summed E-state index contributed by atoms with van der Waals surface area (Å²) >= 11 is 5.93. The van der Waals surface area contributed by atoms with Gasteiger partial charge in [0.15, 0.2) is 14.1 Å². The number of aliphatic imine (C=N–C) groups is 1. The molecule has 1 fully saturated rings. The first-order valence-corrected chi connectivity index (χ1v) is 16.4. The van der Waals surface area contributed by atoms with Gasteiger partial charge in [0, 0.05) is 26.7 Å². The molecule has 0 aromatic carbocycles. The molecule has 0 spiro atoms. The normalized spacial score (nSPS) is 19.9. The van der Waals surface area contributed by atoms with Gasteiger partial charge < -0.3 is 28.7 Å². The van der Waals surface area contributed by atoms with Crippen LogP contribution in [0.1, 0.15) is 39.0 Å². The van der Waals surface area contributed by atoms with E-state index in [1.165, 1.54) is 6.33 Å². The predicted octanol–water partition coefficient (Wildman–Crippen LogP) is 4.57. The number of hydrogen-bond acceptors (Lipinski definition) is 7. The standard InChI is InChI=1S/C26H36ClF3N6O4Si/c1-25(2,3)41(6,7)39-13-19-18(38-14-27)11-20(40-19)36-12-17(9-8-10-31-24(37)26(28,29)30)21-22(34-16-35(4)5)32-15-33-23(21)36/h12,15-16,18-20H,10-11,13-14H2,1-7H3,(H,31,37)/t18?,19-,20-/m1/s1. The van der Waals surface area contributed by atoms with Gasteiger partial charge in [-0.1, -0.05) is 44.2 Å². The molecule has 1 saturated heterocycles. The van der Waals surface area contributed by atoms with Gasteiger partial charge in [0.1, 0.15) is 30.4 Å². The Hall–Kier alpha value is -2.70. The SMILES string of the molecule is CN(C)C=Nc1ncnc2c1c(C#CCNC(=O)C(F)(F)F)cn2[C@H]1CC(OCCl)[C@@H](CO[Si](C)(C)C(C)(C)C)O1. The fourth-order valence-corrected chi connectivity index (χ4v) is 4.98. The van der Waals surface area contributed by atoms with E-state index >= 15 is 0 Å². The first-order chi connectivity index (χ1) is 19.0. The van der Waals surface area contributed by atoms with Crippen molar-refractivity contribution in [2.75, 3.05) is 33.3 Å². The van der Waals surface area contributed by atoms with Crippen molar-refractivity contribution >= 4 is 49.0 Å². The Balaban J connectivity index is 1.96. The number of halogens is 4. The number of amides is 1. The monoisotopic (exact) mass is 616 g/mol. The van der Waals surface area contributed by atoms with E-state index in [2.05, 4.69) is 60.7 Å². The maximum absolute atomic E-state index is 12.5. The molecule has 0 aliphatic carbocycles. The minimum Gasteiger partial charge on any atom is -0.414 e. The summed E-state index contributed by atoms with van der Waals surface area (Å²) in [5.74, 6) is 3.65. The molecule has 3 rings (SSSR count). The molecule has 0 radical (unpaired) electrons. The molecule has 226 valence electrons. The van der Waals surface area contributed by atoms with E-state index in [9.17, 15) is 18.0 Å². The van der Waals surface area contributed by atoms with Crippen molar-refractivity contribution in [1.82, 2.24) is 24.8 Å². The molecule has 10 nitrogen and oxygen atoms in total. The van der Waals surface area contributed by atoms with Gasteiger partial charge in [0.25, 0.3) is 0 Å².